The van der Waals surface area contributed by atoms with Crippen LogP contribution in [0.5, 0.6) is 5.75 Å². The summed E-state index contributed by atoms with van der Waals surface area (Å²) in [5.74, 6) is 0.634. The van der Waals surface area contributed by atoms with Crippen molar-refractivity contribution in [2.45, 2.75) is 18.2 Å². The molecule has 0 aliphatic rings. The molecule has 0 aliphatic heterocycles. The van der Waals surface area contributed by atoms with Crippen LogP contribution in [0, 0.1) is 11.3 Å². The monoisotopic (exact) mass is 330 g/mol. The largest absolute Gasteiger partial charge is 0.494 e. The van der Waals surface area contributed by atoms with Gasteiger partial charge in [0.2, 0.25) is 0 Å². The lowest BCUT2D eigenvalue weighted by Crippen LogP contribution is -2.26. The molecular formula is C17H18N2O3S. The second-order valence-corrected chi connectivity index (χ2v) is 6.85. The molecule has 2 rings (SSSR count). The van der Waals surface area contributed by atoms with Crippen molar-refractivity contribution in [3.8, 4) is 11.8 Å². The maximum absolute atomic E-state index is 12.6. The predicted octanol–water partition coefficient (Wildman–Crippen LogP) is 2.98. The van der Waals surface area contributed by atoms with Gasteiger partial charge in [0, 0.05) is 7.05 Å². The van der Waals surface area contributed by atoms with Crippen molar-refractivity contribution >= 4 is 15.7 Å². The molecule has 120 valence electrons. The molecule has 0 unspecified atom stereocenters. The second kappa shape index (κ2) is 7.16. The predicted molar refractivity (Wildman–Crippen MR) is 89.0 cm³/mol. The quantitative estimate of drug-likeness (QED) is 0.816. The van der Waals surface area contributed by atoms with Crippen LogP contribution in [-0.2, 0) is 16.4 Å². The van der Waals surface area contributed by atoms with E-state index < -0.39 is 10.0 Å². The van der Waals surface area contributed by atoms with Gasteiger partial charge in [-0.1, -0.05) is 12.1 Å². The number of sulfonamides is 1. The van der Waals surface area contributed by atoms with Crippen molar-refractivity contribution in [1.82, 2.24) is 0 Å². The van der Waals surface area contributed by atoms with E-state index in [1.807, 2.05) is 6.92 Å². The van der Waals surface area contributed by atoms with Crippen LogP contribution in [0.15, 0.2) is 53.4 Å². The standard InChI is InChI=1S/C17H18N2O3S/c1-3-22-16-8-10-17(11-9-16)23(20,21)19(2)15-6-4-14(5-7-15)12-13-18/h4-11H,3,12H2,1-2H3. The maximum atomic E-state index is 12.6. The number of anilines is 1. The highest BCUT2D eigenvalue weighted by atomic mass is 32.2. The van der Waals surface area contributed by atoms with Gasteiger partial charge in [-0.2, -0.15) is 5.26 Å². The molecule has 0 bridgehead atoms. The van der Waals surface area contributed by atoms with E-state index in [-0.39, 0.29) is 4.90 Å². The smallest absolute Gasteiger partial charge is 0.264 e. The fourth-order valence-electron chi connectivity index (χ4n) is 2.09. The minimum absolute atomic E-state index is 0.199. The molecular weight excluding hydrogens is 312 g/mol. The van der Waals surface area contributed by atoms with Crippen LogP contribution in [0.25, 0.3) is 0 Å². The molecule has 23 heavy (non-hydrogen) atoms. The molecule has 2 aromatic rings. The summed E-state index contributed by atoms with van der Waals surface area (Å²) in [6, 6.07) is 15.3. The fraction of sp³-hybridized carbons (Fsp3) is 0.235. The molecule has 6 heteroatoms. The van der Waals surface area contributed by atoms with Crippen LogP contribution in [0.3, 0.4) is 0 Å². The van der Waals surface area contributed by atoms with Gasteiger partial charge in [0.15, 0.2) is 0 Å². The van der Waals surface area contributed by atoms with Gasteiger partial charge in [0.1, 0.15) is 5.75 Å². The van der Waals surface area contributed by atoms with E-state index >= 15 is 0 Å². The topological polar surface area (TPSA) is 70.4 Å². The first-order valence-corrected chi connectivity index (χ1v) is 8.60. The van der Waals surface area contributed by atoms with E-state index in [9.17, 15) is 8.42 Å². The molecule has 0 N–H and O–H groups in total. The lowest BCUT2D eigenvalue weighted by molar-refractivity contribution is 0.340. The number of hydrogen-bond acceptors (Lipinski definition) is 4. The van der Waals surface area contributed by atoms with Gasteiger partial charge in [-0.25, -0.2) is 8.42 Å². The first kappa shape index (κ1) is 16.8. The second-order valence-electron chi connectivity index (χ2n) is 4.88. The van der Waals surface area contributed by atoms with Crippen LogP contribution in [0.2, 0.25) is 0 Å². The van der Waals surface area contributed by atoms with Gasteiger partial charge in [-0.05, 0) is 48.9 Å². The van der Waals surface area contributed by atoms with Gasteiger partial charge in [0.25, 0.3) is 10.0 Å². The summed E-state index contributed by atoms with van der Waals surface area (Å²) in [5, 5.41) is 8.67. The Bertz CT molecular complexity index is 791. The summed E-state index contributed by atoms with van der Waals surface area (Å²) in [6.45, 7) is 2.40. The first-order valence-electron chi connectivity index (χ1n) is 7.16. The minimum Gasteiger partial charge on any atom is -0.494 e. The summed E-state index contributed by atoms with van der Waals surface area (Å²) >= 11 is 0. The molecule has 0 heterocycles. The minimum atomic E-state index is -3.64. The lowest BCUT2D eigenvalue weighted by atomic mass is 10.1. The van der Waals surface area contributed by atoms with Gasteiger partial charge < -0.3 is 4.74 Å². The molecule has 0 aliphatic carbocycles. The Balaban J connectivity index is 2.25. The number of nitriles is 1. The fourth-order valence-corrected chi connectivity index (χ4v) is 3.28. The molecule has 0 spiro atoms. The van der Waals surface area contributed by atoms with Crippen LogP contribution in [-0.4, -0.2) is 22.1 Å². The number of rotatable bonds is 6. The molecule has 0 fully saturated rings. The van der Waals surface area contributed by atoms with E-state index in [1.165, 1.54) is 23.5 Å². The zero-order valence-electron chi connectivity index (χ0n) is 13.1. The van der Waals surface area contributed by atoms with Gasteiger partial charge in [0.05, 0.1) is 29.7 Å². The average Bonchev–Trinajstić information content (AvgIpc) is 2.56. The zero-order valence-corrected chi connectivity index (χ0v) is 13.9. The number of benzene rings is 2. The van der Waals surface area contributed by atoms with Crippen LogP contribution < -0.4 is 9.04 Å². The van der Waals surface area contributed by atoms with E-state index in [1.54, 1.807) is 36.4 Å². The molecule has 2 aromatic carbocycles. The highest BCUT2D eigenvalue weighted by molar-refractivity contribution is 7.92. The maximum Gasteiger partial charge on any atom is 0.264 e. The number of hydrogen-bond donors (Lipinski definition) is 0. The van der Waals surface area contributed by atoms with Crippen molar-refractivity contribution in [1.29, 1.82) is 5.26 Å². The third kappa shape index (κ3) is 3.82. The summed E-state index contributed by atoms with van der Waals surface area (Å²) in [5.41, 5.74) is 1.39. The Kier molecular flexibility index (Phi) is 5.24. The first-order chi connectivity index (χ1) is 11.0. The molecule has 0 atom stereocenters. The third-order valence-corrected chi connectivity index (χ3v) is 5.18. The van der Waals surface area contributed by atoms with Crippen molar-refractivity contribution in [3.05, 3.63) is 54.1 Å². The highest BCUT2D eigenvalue weighted by Crippen LogP contribution is 2.24. The molecule has 0 saturated carbocycles. The van der Waals surface area contributed by atoms with Crippen molar-refractivity contribution in [2.75, 3.05) is 18.0 Å². The summed E-state index contributed by atoms with van der Waals surface area (Å²) < 4.78 is 31.8. The van der Waals surface area contributed by atoms with Crippen molar-refractivity contribution in [3.63, 3.8) is 0 Å². The average molecular weight is 330 g/mol. The lowest BCUT2D eigenvalue weighted by Gasteiger charge is -2.20. The SMILES string of the molecule is CCOc1ccc(S(=O)(=O)N(C)c2ccc(CC#N)cc2)cc1. The van der Waals surface area contributed by atoms with Gasteiger partial charge in [-0.3, -0.25) is 4.31 Å². The highest BCUT2D eigenvalue weighted by Gasteiger charge is 2.21. The van der Waals surface area contributed by atoms with Crippen molar-refractivity contribution < 1.29 is 13.2 Å². The zero-order chi connectivity index (χ0) is 16.9. The Hall–Kier alpha value is -2.52. The molecule has 0 aromatic heterocycles. The summed E-state index contributed by atoms with van der Waals surface area (Å²) in [6.07, 6.45) is 0.301. The number of ether oxygens (including phenoxy) is 1. The van der Waals surface area contributed by atoms with E-state index in [4.69, 9.17) is 10.00 Å². The molecule has 5 nitrogen and oxygen atoms in total. The van der Waals surface area contributed by atoms with Gasteiger partial charge >= 0.3 is 0 Å². The normalized spacial score (nSPS) is 10.8. The molecule has 0 saturated heterocycles. The Morgan fingerprint density at radius 1 is 1.09 bits per heavy atom. The van der Waals surface area contributed by atoms with Crippen LogP contribution in [0.4, 0.5) is 5.69 Å². The Morgan fingerprint density at radius 2 is 1.70 bits per heavy atom. The summed E-state index contributed by atoms with van der Waals surface area (Å²) in [7, 11) is -2.13. The molecule has 0 amide bonds. The Labute approximate surface area is 136 Å². The van der Waals surface area contributed by atoms with Crippen LogP contribution >= 0.6 is 0 Å². The third-order valence-electron chi connectivity index (χ3n) is 3.38. The van der Waals surface area contributed by atoms with Gasteiger partial charge in [-0.15, -0.1) is 0 Å². The van der Waals surface area contributed by atoms with E-state index in [2.05, 4.69) is 6.07 Å². The number of nitrogens with zero attached hydrogens (tertiary/aromatic N) is 2. The molecule has 0 radical (unpaired) electrons. The van der Waals surface area contributed by atoms with E-state index in [0.29, 0.717) is 24.5 Å². The summed E-state index contributed by atoms with van der Waals surface area (Å²) in [4.78, 5) is 0.199. The van der Waals surface area contributed by atoms with Crippen LogP contribution in [0.1, 0.15) is 12.5 Å². The van der Waals surface area contributed by atoms with E-state index in [0.717, 1.165) is 5.56 Å². The van der Waals surface area contributed by atoms with Crippen molar-refractivity contribution in [2.24, 2.45) is 0 Å². The Morgan fingerprint density at radius 3 is 2.22 bits per heavy atom.